The molecule has 0 amide bonds. The fourth-order valence-electron chi connectivity index (χ4n) is 3.33. The molecule has 0 spiro atoms. The van der Waals surface area contributed by atoms with Crippen LogP contribution in [0.25, 0.3) is 39.7 Å². The van der Waals surface area contributed by atoms with Gasteiger partial charge in [0.25, 0.3) is 11.4 Å². The average Bonchev–Trinajstić information content (AvgIpc) is 3.44. The van der Waals surface area contributed by atoms with Gasteiger partial charge < -0.3 is 14.1 Å². The van der Waals surface area contributed by atoms with Crippen LogP contribution in [-0.2, 0) is 0 Å². The van der Waals surface area contributed by atoms with Crippen LogP contribution in [0.2, 0.25) is 0 Å². The van der Waals surface area contributed by atoms with E-state index in [1.54, 1.807) is 36.5 Å². The zero-order chi connectivity index (χ0) is 20.3. The number of nitriles is 1. The molecule has 0 aliphatic heterocycles. The number of imidazole rings is 1. The van der Waals surface area contributed by atoms with E-state index in [0.29, 0.717) is 33.0 Å². The predicted molar refractivity (Wildman–Crippen MR) is 96.8 cm³/mol. The summed E-state index contributed by atoms with van der Waals surface area (Å²) in [6, 6.07) is 7.81. The summed E-state index contributed by atoms with van der Waals surface area (Å²) in [5.74, 6) is 0.724. The lowest BCUT2D eigenvalue weighted by molar-refractivity contribution is -0.583. The number of nitrogens with zero attached hydrogens (tertiary/aromatic N) is 6. The largest absolute Gasteiger partial charge is 0.618 e. The molecule has 0 radical (unpaired) electrons. The summed E-state index contributed by atoms with van der Waals surface area (Å²) in [6.07, 6.45) is 1.46. The monoisotopic (exact) mass is 390 g/mol. The molecular weight excluding hydrogens is 379 g/mol. The van der Waals surface area contributed by atoms with E-state index in [0.717, 1.165) is 6.07 Å². The molecule has 0 saturated heterocycles. The first-order chi connectivity index (χ1) is 14.0. The van der Waals surface area contributed by atoms with Gasteiger partial charge in [0.05, 0.1) is 0 Å². The fourth-order valence-corrected chi connectivity index (χ4v) is 3.33. The number of aryl methyl sites for hydroxylation is 2. The summed E-state index contributed by atoms with van der Waals surface area (Å²) >= 11 is 0. The summed E-state index contributed by atoms with van der Waals surface area (Å²) < 4.78 is 27.0. The maximum absolute atomic E-state index is 14.0. The zero-order valence-electron chi connectivity index (χ0n) is 15.2. The van der Waals surface area contributed by atoms with E-state index in [1.165, 1.54) is 12.4 Å². The van der Waals surface area contributed by atoms with Crippen molar-refractivity contribution in [3.63, 3.8) is 0 Å². The number of halogens is 1. The van der Waals surface area contributed by atoms with Crippen LogP contribution in [0, 0.1) is 36.2 Å². The summed E-state index contributed by atoms with van der Waals surface area (Å²) in [4.78, 5) is 8.63. The van der Waals surface area contributed by atoms with Crippen LogP contribution in [0.15, 0.2) is 39.5 Å². The number of furan rings is 1. The second kappa shape index (κ2) is 5.87. The maximum Gasteiger partial charge on any atom is 0.279 e. The molecule has 29 heavy (non-hydrogen) atoms. The number of rotatable bonds is 2. The lowest BCUT2D eigenvalue weighted by atomic mass is 10.1. The van der Waals surface area contributed by atoms with Crippen molar-refractivity contribution in [3.05, 3.63) is 58.6 Å². The molecule has 0 aliphatic carbocycles. The maximum atomic E-state index is 14.0. The second-order valence-corrected chi connectivity index (χ2v) is 6.43. The highest BCUT2D eigenvalue weighted by molar-refractivity contribution is 5.85. The summed E-state index contributed by atoms with van der Waals surface area (Å²) in [7, 11) is 0. The third-order valence-electron chi connectivity index (χ3n) is 4.68. The van der Waals surface area contributed by atoms with Crippen molar-refractivity contribution in [2.45, 2.75) is 13.8 Å². The SMILES string of the molecule is Cc1ccc(-c2noc(-c3ncn4c3c(C)[n+]([O-])c3c(C#N)c(F)ccc34)n2)o1. The first-order valence-corrected chi connectivity index (χ1v) is 8.52. The molecule has 142 valence electrons. The van der Waals surface area contributed by atoms with Gasteiger partial charge >= 0.3 is 0 Å². The topological polar surface area (TPSA) is 120 Å². The van der Waals surface area contributed by atoms with Crippen molar-refractivity contribution in [1.82, 2.24) is 19.5 Å². The van der Waals surface area contributed by atoms with Crippen molar-refractivity contribution in [1.29, 1.82) is 5.26 Å². The Morgan fingerprint density at radius 1 is 1.24 bits per heavy atom. The first kappa shape index (κ1) is 16.9. The van der Waals surface area contributed by atoms with E-state index < -0.39 is 5.82 Å². The van der Waals surface area contributed by atoms with E-state index in [2.05, 4.69) is 15.1 Å². The molecular formula is C19H11FN6O3. The number of hydrogen-bond acceptors (Lipinski definition) is 7. The zero-order valence-corrected chi connectivity index (χ0v) is 15.2. The van der Waals surface area contributed by atoms with E-state index in [9.17, 15) is 14.9 Å². The number of fused-ring (bicyclic) bond motifs is 3. The van der Waals surface area contributed by atoms with Gasteiger partial charge in [-0.1, -0.05) is 5.16 Å². The molecule has 0 bridgehead atoms. The summed E-state index contributed by atoms with van der Waals surface area (Å²) in [5.41, 5.74) is 0.844. The smallest absolute Gasteiger partial charge is 0.279 e. The Morgan fingerprint density at radius 2 is 2.07 bits per heavy atom. The summed E-state index contributed by atoms with van der Waals surface area (Å²) in [6.45, 7) is 3.35. The van der Waals surface area contributed by atoms with Gasteiger partial charge in [-0.3, -0.25) is 4.40 Å². The fraction of sp³-hybridized carbons (Fsp3) is 0.105. The molecule has 0 fully saturated rings. The van der Waals surface area contributed by atoms with Gasteiger partial charge in [0.1, 0.15) is 35.0 Å². The molecule has 0 unspecified atom stereocenters. The quantitative estimate of drug-likeness (QED) is 0.335. The standard InChI is InChI=1S/C19H11FN6O3/c1-9-3-6-14(28-9)18-23-19(29-24-18)15-16-10(2)26(27)17-11(7-21)12(20)4-5-13(17)25(16)8-22-15/h3-6,8H,1-2H3. The highest BCUT2D eigenvalue weighted by atomic mass is 19.1. The van der Waals surface area contributed by atoms with Crippen molar-refractivity contribution < 1.29 is 18.1 Å². The molecule has 5 rings (SSSR count). The van der Waals surface area contributed by atoms with Gasteiger partial charge in [0.2, 0.25) is 11.5 Å². The normalized spacial score (nSPS) is 11.4. The van der Waals surface area contributed by atoms with Crippen LogP contribution in [0.4, 0.5) is 4.39 Å². The Balaban J connectivity index is 1.78. The van der Waals surface area contributed by atoms with Gasteiger partial charge in [-0.2, -0.15) is 15.0 Å². The van der Waals surface area contributed by atoms with Gasteiger partial charge in [-0.15, -0.1) is 0 Å². The van der Waals surface area contributed by atoms with Crippen LogP contribution in [0.3, 0.4) is 0 Å². The average molecular weight is 390 g/mol. The van der Waals surface area contributed by atoms with Crippen molar-refractivity contribution >= 4 is 16.6 Å². The van der Waals surface area contributed by atoms with Gasteiger partial charge in [0.15, 0.2) is 17.0 Å². The Hall–Kier alpha value is -4.26. The van der Waals surface area contributed by atoms with Crippen molar-refractivity contribution in [2.24, 2.45) is 0 Å². The Bertz CT molecular complexity index is 1470. The van der Waals surface area contributed by atoms with Gasteiger partial charge in [-0.05, 0) is 31.2 Å². The van der Waals surface area contributed by atoms with Crippen molar-refractivity contribution in [2.75, 3.05) is 0 Å². The van der Waals surface area contributed by atoms with Gasteiger partial charge in [-0.25, -0.2) is 9.37 Å². The number of hydrogen-bond donors (Lipinski definition) is 0. The van der Waals surface area contributed by atoms with E-state index in [-0.39, 0.29) is 28.5 Å². The van der Waals surface area contributed by atoms with Gasteiger partial charge in [0, 0.05) is 6.92 Å². The second-order valence-electron chi connectivity index (χ2n) is 6.43. The third-order valence-corrected chi connectivity index (χ3v) is 4.68. The molecule has 0 saturated carbocycles. The van der Waals surface area contributed by atoms with Crippen LogP contribution in [0.1, 0.15) is 17.0 Å². The number of aromatic nitrogens is 5. The lowest BCUT2D eigenvalue weighted by Gasteiger charge is -2.09. The molecule has 4 aromatic heterocycles. The Kier molecular flexibility index (Phi) is 3.42. The first-order valence-electron chi connectivity index (χ1n) is 8.52. The van der Waals surface area contributed by atoms with E-state index >= 15 is 0 Å². The van der Waals surface area contributed by atoms with E-state index in [4.69, 9.17) is 8.94 Å². The molecule has 5 aromatic rings. The molecule has 0 N–H and O–H groups in total. The molecule has 0 atom stereocenters. The Labute approximate surface area is 161 Å². The minimum absolute atomic E-state index is 0.0706. The van der Waals surface area contributed by atoms with Crippen molar-refractivity contribution in [3.8, 4) is 29.2 Å². The van der Waals surface area contributed by atoms with Crippen LogP contribution in [-0.4, -0.2) is 19.5 Å². The lowest BCUT2D eigenvalue weighted by Crippen LogP contribution is -2.33. The predicted octanol–water partition coefficient (Wildman–Crippen LogP) is 3.06. The third kappa shape index (κ3) is 2.31. The molecule has 0 aliphatic rings. The Morgan fingerprint density at radius 3 is 2.79 bits per heavy atom. The highest BCUT2D eigenvalue weighted by Crippen LogP contribution is 2.29. The summed E-state index contributed by atoms with van der Waals surface area (Å²) in [5, 5.41) is 26.1. The molecule has 4 heterocycles. The highest BCUT2D eigenvalue weighted by Gasteiger charge is 2.26. The van der Waals surface area contributed by atoms with Crippen LogP contribution >= 0.6 is 0 Å². The van der Waals surface area contributed by atoms with E-state index in [1.807, 2.05) is 0 Å². The molecule has 1 aromatic carbocycles. The number of benzene rings is 1. The minimum Gasteiger partial charge on any atom is -0.618 e. The molecule has 9 nitrogen and oxygen atoms in total. The van der Waals surface area contributed by atoms with Crippen LogP contribution < -0.4 is 4.73 Å². The molecule has 10 heteroatoms. The van der Waals surface area contributed by atoms with Crippen LogP contribution in [0.5, 0.6) is 0 Å². The minimum atomic E-state index is -0.765.